The van der Waals surface area contributed by atoms with Crippen molar-refractivity contribution < 1.29 is 27.2 Å². The van der Waals surface area contributed by atoms with Crippen molar-refractivity contribution in [2.24, 2.45) is 5.10 Å². The zero-order valence-corrected chi connectivity index (χ0v) is 14.1. The van der Waals surface area contributed by atoms with Gasteiger partial charge in [-0.2, -0.15) is 18.3 Å². The SMILES string of the molecule is CC(CC(=O)Nc1ccccc1C(F)(F)F)=NNC(=O)c1ccccc1F. The lowest BCUT2D eigenvalue weighted by molar-refractivity contribution is -0.137. The number of hydrogen-bond donors (Lipinski definition) is 2. The van der Waals surface area contributed by atoms with Crippen LogP contribution in [0.3, 0.4) is 0 Å². The number of alkyl halides is 3. The van der Waals surface area contributed by atoms with Gasteiger partial charge in [-0.3, -0.25) is 9.59 Å². The predicted octanol–water partition coefficient (Wildman–Crippen LogP) is 3.98. The number of rotatable bonds is 5. The molecule has 142 valence electrons. The molecule has 2 aromatic rings. The van der Waals surface area contributed by atoms with Gasteiger partial charge in [0.05, 0.1) is 23.2 Å². The second-order valence-electron chi connectivity index (χ2n) is 5.54. The van der Waals surface area contributed by atoms with Gasteiger partial charge in [0.2, 0.25) is 5.91 Å². The van der Waals surface area contributed by atoms with E-state index in [-0.39, 0.29) is 23.4 Å². The number of hydrazone groups is 1. The summed E-state index contributed by atoms with van der Waals surface area (Å²) >= 11 is 0. The molecule has 5 nitrogen and oxygen atoms in total. The number of hydrogen-bond acceptors (Lipinski definition) is 3. The number of nitrogens with zero attached hydrogens (tertiary/aromatic N) is 1. The lowest BCUT2D eigenvalue weighted by atomic mass is 10.1. The van der Waals surface area contributed by atoms with Gasteiger partial charge in [0, 0.05) is 5.71 Å². The summed E-state index contributed by atoms with van der Waals surface area (Å²) in [6.45, 7) is 1.40. The van der Waals surface area contributed by atoms with E-state index in [1.807, 2.05) is 0 Å². The fourth-order valence-electron chi connectivity index (χ4n) is 2.16. The molecule has 0 aliphatic carbocycles. The fraction of sp³-hybridized carbons (Fsp3) is 0.167. The lowest BCUT2D eigenvalue weighted by Gasteiger charge is -2.13. The van der Waals surface area contributed by atoms with E-state index < -0.39 is 29.4 Å². The molecule has 0 unspecified atom stereocenters. The van der Waals surface area contributed by atoms with Crippen molar-refractivity contribution in [3.63, 3.8) is 0 Å². The molecule has 0 saturated carbocycles. The molecule has 0 aliphatic heterocycles. The predicted molar refractivity (Wildman–Crippen MR) is 91.7 cm³/mol. The van der Waals surface area contributed by atoms with E-state index in [0.717, 1.165) is 18.2 Å². The maximum Gasteiger partial charge on any atom is 0.418 e. The van der Waals surface area contributed by atoms with Crippen LogP contribution in [0.15, 0.2) is 53.6 Å². The highest BCUT2D eigenvalue weighted by Crippen LogP contribution is 2.34. The molecule has 0 heterocycles. The van der Waals surface area contributed by atoms with Gasteiger partial charge >= 0.3 is 6.18 Å². The molecule has 2 rings (SSSR count). The molecule has 0 aliphatic rings. The lowest BCUT2D eigenvalue weighted by Crippen LogP contribution is -2.23. The Hall–Kier alpha value is -3.23. The summed E-state index contributed by atoms with van der Waals surface area (Å²) in [4.78, 5) is 23.8. The molecular formula is C18H15F4N3O2. The Kier molecular flexibility index (Phi) is 6.27. The van der Waals surface area contributed by atoms with Crippen molar-refractivity contribution in [1.82, 2.24) is 5.43 Å². The van der Waals surface area contributed by atoms with Gasteiger partial charge in [0.25, 0.3) is 5.91 Å². The normalized spacial score (nSPS) is 11.8. The van der Waals surface area contributed by atoms with Crippen LogP contribution in [0, 0.1) is 5.82 Å². The highest BCUT2D eigenvalue weighted by atomic mass is 19.4. The van der Waals surface area contributed by atoms with Crippen molar-refractivity contribution in [3.05, 3.63) is 65.5 Å². The summed E-state index contributed by atoms with van der Waals surface area (Å²) in [7, 11) is 0. The van der Waals surface area contributed by atoms with Crippen LogP contribution in [-0.2, 0) is 11.0 Å². The van der Waals surface area contributed by atoms with Crippen LogP contribution in [0.4, 0.5) is 23.2 Å². The molecule has 9 heteroatoms. The number of benzene rings is 2. The van der Waals surface area contributed by atoms with Gasteiger partial charge < -0.3 is 5.32 Å². The molecule has 0 saturated heterocycles. The summed E-state index contributed by atoms with van der Waals surface area (Å²) in [5.41, 5.74) is 0.647. The molecule has 0 fully saturated rings. The molecular weight excluding hydrogens is 366 g/mol. The van der Waals surface area contributed by atoms with E-state index in [9.17, 15) is 27.2 Å². The third-order valence-electron chi connectivity index (χ3n) is 3.39. The Morgan fingerprint density at radius 3 is 2.33 bits per heavy atom. The fourth-order valence-corrected chi connectivity index (χ4v) is 2.16. The average Bonchev–Trinajstić information content (AvgIpc) is 2.59. The smallest absolute Gasteiger partial charge is 0.325 e. The Balaban J connectivity index is 1.99. The van der Waals surface area contributed by atoms with E-state index >= 15 is 0 Å². The molecule has 2 N–H and O–H groups in total. The summed E-state index contributed by atoms with van der Waals surface area (Å²) in [6.07, 6.45) is -4.97. The van der Waals surface area contributed by atoms with Crippen molar-refractivity contribution in [2.45, 2.75) is 19.5 Å². The van der Waals surface area contributed by atoms with Crippen molar-refractivity contribution in [1.29, 1.82) is 0 Å². The van der Waals surface area contributed by atoms with E-state index in [1.54, 1.807) is 0 Å². The van der Waals surface area contributed by atoms with Crippen LogP contribution >= 0.6 is 0 Å². The Morgan fingerprint density at radius 2 is 1.67 bits per heavy atom. The summed E-state index contributed by atoms with van der Waals surface area (Å²) in [6, 6.07) is 9.82. The van der Waals surface area contributed by atoms with Gasteiger partial charge in [-0.1, -0.05) is 24.3 Å². The van der Waals surface area contributed by atoms with Crippen LogP contribution in [0.25, 0.3) is 0 Å². The molecule has 27 heavy (non-hydrogen) atoms. The topological polar surface area (TPSA) is 70.6 Å². The largest absolute Gasteiger partial charge is 0.418 e. The number of halogens is 4. The number of carbonyl (C=O) groups excluding carboxylic acids is 2. The minimum absolute atomic E-state index is 0.127. The minimum atomic E-state index is -4.61. The van der Waals surface area contributed by atoms with E-state index in [0.29, 0.717) is 0 Å². The standard InChI is InChI=1S/C18H15F4N3O2/c1-11(24-25-17(27)12-6-2-4-8-14(12)19)10-16(26)23-15-9-5-3-7-13(15)18(20,21)22/h2-9H,10H2,1H3,(H,23,26)(H,25,27). The second kappa shape index (κ2) is 8.43. The van der Waals surface area contributed by atoms with Crippen molar-refractivity contribution in [3.8, 4) is 0 Å². The first-order chi connectivity index (χ1) is 12.7. The first-order valence-electron chi connectivity index (χ1n) is 7.72. The zero-order chi connectivity index (χ0) is 20.0. The quantitative estimate of drug-likeness (QED) is 0.467. The first-order valence-corrected chi connectivity index (χ1v) is 7.72. The molecule has 2 aromatic carbocycles. The maximum absolute atomic E-state index is 13.5. The molecule has 2 amide bonds. The Labute approximate surface area is 152 Å². The summed E-state index contributed by atoms with van der Waals surface area (Å²) in [5, 5.41) is 5.83. The van der Waals surface area contributed by atoms with Gasteiger partial charge in [0.1, 0.15) is 5.82 Å². The number of anilines is 1. The van der Waals surface area contributed by atoms with Gasteiger partial charge in [-0.25, -0.2) is 9.82 Å². The van der Waals surface area contributed by atoms with E-state index in [1.165, 1.54) is 37.3 Å². The Morgan fingerprint density at radius 1 is 1.04 bits per heavy atom. The highest BCUT2D eigenvalue weighted by Gasteiger charge is 2.33. The second-order valence-corrected chi connectivity index (χ2v) is 5.54. The Bertz CT molecular complexity index is 879. The van der Waals surface area contributed by atoms with E-state index in [2.05, 4.69) is 15.8 Å². The molecule has 0 spiro atoms. The van der Waals surface area contributed by atoms with Crippen LogP contribution in [0.1, 0.15) is 29.3 Å². The van der Waals surface area contributed by atoms with Gasteiger partial charge in [-0.15, -0.1) is 0 Å². The highest BCUT2D eigenvalue weighted by molar-refractivity contribution is 6.06. The number of nitrogens with one attached hydrogen (secondary N) is 2. The third-order valence-corrected chi connectivity index (χ3v) is 3.39. The molecule has 0 atom stereocenters. The molecule has 0 bridgehead atoms. The van der Waals surface area contributed by atoms with Crippen LogP contribution in [-0.4, -0.2) is 17.5 Å². The van der Waals surface area contributed by atoms with Gasteiger partial charge in [-0.05, 0) is 31.2 Å². The zero-order valence-electron chi connectivity index (χ0n) is 14.1. The summed E-state index contributed by atoms with van der Waals surface area (Å²) in [5.74, 6) is -2.28. The van der Waals surface area contributed by atoms with Gasteiger partial charge in [0.15, 0.2) is 0 Å². The molecule has 0 radical (unpaired) electrons. The number of para-hydroxylation sites is 1. The number of amides is 2. The monoisotopic (exact) mass is 381 g/mol. The van der Waals surface area contributed by atoms with Crippen LogP contribution < -0.4 is 10.7 Å². The van der Waals surface area contributed by atoms with Crippen molar-refractivity contribution >= 4 is 23.2 Å². The summed E-state index contributed by atoms with van der Waals surface area (Å²) < 4.78 is 52.2. The maximum atomic E-state index is 13.5. The van der Waals surface area contributed by atoms with Crippen LogP contribution in [0.2, 0.25) is 0 Å². The third kappa shape index (κ3) is 5.63. The van der Waals surface area contributed by atoms with E-state index in [4.69, 9.17) is 0 Å². The average molecular weight is 381 g/mol. The minimum Gasteiger partial charge on any atom is -0.325 e. The molecule has 0 aromatic heterocycles. The van der Waals surface area contributed by atoms with Crippen LogP contribution in [0.5, 0.6) is 0 Å². The van der Waals surface area contributed by atoms with Crippen molar-refractivity contribution in [2.75, 3.05) is 5.32 Å². The number of carbonyl (C=O) groups is 2. The first kappa shape index (κ1) is 20.1.